The molecule has 26 heavy (non-hydrogen) atoms. The number of carbonyl (C=O) groups is 1. The molecule has 5 heteroatoms. The van der Waals surface area contributed by atoms with Crippen molar-refractivity contribution in [1.82, 2.24) is 15.5 Å². The molecule has 1 aromatic heterocycles. The highest BCUT2D eigenvalue weighted by molar-refractivity contribution is 5.82. The topological polar surface area (TPSA) is 57.5 Å². The van der Waals surface area contributed by atoms with Crippen LogP contribution >= 0.6 is 0 Å². The highest BCUT2D eigenvalue weighted by Gasteiger charge is 2.36. The molecule has 2 aliphatic rings. The number of urea groups is 1. The second kappa shape index (κ2) is 6.95. The van der Waals surface area contributed by atoms with Crippen LogP contribution in [0.4, 0.5) is 4.79 Å². The Bertz CT molecular complexity index is 786. The molecule has 0 saturated carbocycles. The van der Waals surface area contributed by atoms with Gasteiger partial charge in [-0.05, 0) is 52.6 Å². The monoisotopic (exact) mass is 355 g/mol. The van der Waals surface area contributed by atoms with Crippen LogP contribution in [-0.4, -0.2) is 36.1 Å². The maximum atomic E-state index is 12.5. The first-order valence-corrected chi connectivity index (χ1v) is 9.80. The minimum Gasteiger partial charge on any atom is -0.459 e. The van der Waals surface area contributed by atoms with Crippen LogP contribution < -0.4 is 10.6 Å². The molecule has 0 aliphatic carbocycles. The molecule has 2 amide bonds. The van der Waals surface area contributed by atoms with E-state index >= 15 is 0 Å². The highest BCUT2D eigenvalue weighted by atomic mass is 16.3. The van der Waals surface area contributed by atoms with Gasteiger partial charge in [0, 0.05) is 29.1 Å². The van der Waals surface area contributed by atoms with E-state index in [4.69, 9.17) is 4.42 Å². The third-order valence-corrected chi connectivity index (χ3v) is 6.30. The van der Waals surface area contributed by atoms with Gasteiger partial charge in [0.15, 0.2) is 0 Å². The molecule has 0 radical (unpaired) electrons. The Balaban J connectivity index is 1.39. The van der Waals surface area contributed by atoms with E-state index in [1.54, 1.807) is 0 Å². The molecule has 2 fully saturated rings. The Hall–Kier alpha value is -2.01. The summed E-state index contributed by atoms with van der Waals surface area (Å²) in [4.78, 5) is 15.1. The number of nitrogens with zero attached hydrogens (tertiary/aromatic N) is 1. The van der Waals surface area contributed by atoms with Gasteiger partial charge < -0.3 is 20.0 Å². The maximum Gasteiger partial charge on any atom is 0.315 e. The number of fused-ring (bicyclic) bond motifs is 3. The fourth-order valence-electron chi connectivity index (χ4n) is 4.83. The number of rotatable bonds is 3. The van der Waals surface area contributed by atoms with Crippen LogP contribution in [0, 0.1) is 6.92 Å². The molecule has 2 bridgehead atoms. The van der Waals surface area contributed by atoms with Gasteiger partial charge in [-0.1, -0.05) is 24.6 Å². The lowest BCUT2D eigenvalue weighted by Crippen LogP contribution is -2.56. The van der Waals surface area contributed by atoms with Gasteiger partial charge in [0.1, 0.15) is 11.3 Å². The van der Waals surface area contributed by atoms with E-state index in [1.165, 1.54) is 19.3 Å². The number of nitrogens with one attached hydrogen (secondary N) is 2. The first-order chi connectivity index (χ1) is 12.5. The van der Waals surface area contributed by atoms with Crippen molar-refractivity contribution in [2.24, 2.45) is 0 Å². The van der Waals surface area contributed by atoms with Crippen LogP contribution in [0.15, 0.2) is 28.7 Å². The summed E-state index contributed by atoms with van der Waals surface area (Å²) in [5, 5.41) is 7.38. The van der Waals surface area contributed by atoms with Crippen molar-refractivity contribution in [3.8, 4) is 0 Å². The van der Waals surface area contributed by atoms with Crippen molar-refractivity contribution in [3.05, 3.63) is 35.6 Å². The number of benzene rings is 1. The van der Waals surface area contributed by atoms with E-state index in [9.17, 15) is 4.79 Å². The van der Waals surface area contributed by atoms with Crippen molar-refractivity contribution in [1.29, 1.82) is 0 Å². The number of aryl methyl sites for hydroxylation is 1. The molecule has 0 spiro atoms. The summed E-state index contributed by atoms with van der Waals surface area (Å²) >= 11 is 0. The van der Waals surface area contributed by atoms with Crippen molar-refractivity contribution in [3.63, 3.8) is 0 Å². The first-order valence-electron chi connectivity index (χ1n) is 9.80. The summed E-state index contributed by atoms with van der Waals surface area (Å²) in [6.45, 7) is 4.03. The fourth-order valence-corrected chi connectivity index (χ4v) is 4.83. The number of amides is 2. The molecule has 2 unspecified atom stereocenters. The van der Waals surface area contributed by atoms with E-state index in [1.807, 2.05) is 25.1 Å². The molecule has 2 N–H and O–H groups in total. The Kier molecular flexibility index (Phi) is 4.65. The smallest absolute Gasteiger partial charge is 0.315 e. The van der Waals surface area contributed by atoms with Gasteiger partial charge in [0.25, 0.3) is 0 Å². The van der Waals surface area contributed by atoms with Gasteiger partial charge in [0.05, 0.1) is 6.04 Å². The largest absolute Gasteiger partial charge is 0.459 e. The molecular weight excluding hydrogens is 326 g/mol. The molecule has 2 aromatic rings. The van der Waals surface area contributed by atoms with Crippen LogP contribution in [0.2, 0.25) is 0 Å². The minimum atomic E-state index is -0.159. The molecule has 3 atom stereocenters. The highest BCUT2D eigenvalue weighted by Crippen LogP contribution is 2.33. The van der Waals surface area contributed by atoms with Crippen LogP contribution in [0.3, 0.4) is 0 Å². The SMILES string of the molecule is Cc1c([C@H](C)NC(=O)NC2CC3CCCC(C2)N3C)oc2ccccc12. The lowest BCUT2D eigenvalue weighted by molar-refractivity contribution is 0.0508. The molecule has 2 aliphatic heterocycles. The van der Waals surface area contributed by atoms with E-state index in [2.05, 4.69) is 35.6 Å². The van der Waals surface area contributed by atoms with Gasteiger partial charge >= 0.3 is 6.03 Å². The van der Waals surface area contributed by atoms with Crippen LogP contribution in [0.25, 0.3) is 11.0 Å². The Morgan fingerprint density at radius 1 is 1.23 bits per heavy atom. The summed E-state index contributed by atoms with van der Waals surface area (Å²) in [6, 6.07) is 9.25. The Morgan fingerprint density at radius 3 is 2.62 bits per heavy atom. The second-order valence-corrected chi connectivity index (χ2v) is 8.00. The van der Waals surface area contributed by atoms with Crippen LogP contribution in [0.5, 0.6) is 0 Å². The lowest BCUT2D eigenvalue weighted by Gasteiger charge is -2.47. The zero-order valence-electron chi connectivity index (χ0n) is 15.9. The molecular formula is C21H29N3O2. The van der Waals surface area contributed by atoms with E-state index in [-0.39, 0.29) is 18.1 Å². The summed E-state index contributed by atoms with van der Waals surface area (Å²) in [5.41, 5.74) is 1.97. The van der Waals surface area contributed by atoms with Crippen molar-refractivity contribution < 1.29 is 9.21 Å². The number of carbonyl (C=O) groups excluding carboxylic acids is 1. The molecule has 3 heterocycles. The zero-order valence-corrected chi connectivity index (χ0v) is 15.9. The van der Waals surface area contributed by atoms with Crippen molar-refractivity contribution in [2.75, 3.05) is 7.05 Å². The molecule has 140 valence electrons. The third kappa shape index (κ3) is 3.20. The van der Waals surface area contributed by atoms with Gasteiger partial charge in [-0.15, -0.1) is 0 Å². The van der Waals surface area contributed by atoms with Crippen molar-refractivity contribution >= 4 is 17.0 Å². The second-order valence-electron chi connectivity index (χ2n) is 8.00. The molecule has 5 nitrogen and oxygen atoms in total. The molecule has 1 aromatic carbocycles. The molecule has 4 rings (SSSR count). The van der Waals surface area contributed by atoms with Gasteiger partial charge in [-0.25, -0.2) is 4.79 Å². The van der Waals surface area contributed by atoms with E-state index in [0.29, 0.717) is 12.1 Å². The number of para-hydroxylation sites is 1. The normalized spacial score (nSPS) is 27.3. The minimum absolute atomic E-state index is 0.0926. The maximum absolute atomic E-state index is 12.5. The van der Waals surface area contributed by atoms with E-state index in [0.717, 1.165) is 35.1 Å². The zero-order chi connectivity index (χ0) is 18.3. The average molecular weight is 355 g/mol. The summed E-state index contributed by atoms with van der Waals surface area (Å²) in [6.07, 6.45) is 5.93. The third-order valence-electron chi connectivity index (χ3n) is 6.30. The van der Waals surface area contributed by atoms with Crippen LogP contribution in [-0.2, 0) is 0 Å². The van der Waals surface area contributed by atoms with Gasteiger partial charge in [-0.2, -0.15) is 0 Å². The summed E-state index contributed by atoms with van der Waals surface area (Å²) < 4.78 is 5.98. The molecule has 2 saturated heterocycles. The standard InChI is InChI=1S/C21H29N3O2/c1-13-18-9-4-5-10-19(18)26-20(13)14(2)22-21(25)23-15-11-16-7-6-8-17(12-15)24(16)3/h4-5,9-10,14-17H,6-8,11-12H2,1-3H3,(H2,22,23,25)/t14-,15?,16?,17?/m0/s1. The first kappa shape index (κ1) is 17.4. The number of furan rings is 1. The number of hydrogen-bond acceptors (Lipinski definition) is 3. The lowest BCUT2D eigenvalue weighted by atomic mass is 9.82. The van der Waals surface area contributed by atoms with E-state index < -0.39 is 0 Å². The Morgan fingerprint density at radius 2 is 1.92 bits per heavy atom. The Labute approximate surface area is 155 Å². The number of piperidine rings is 2. The number of hydrogen-bond donors (Lipinski definition) is 2. The van der Waals surface area contributed by atoms with Crippen molar-refractivity contribution in [2.45, 2.75) is 70.1 Å². The van der Waals surface area contributed by atoms with Gasteiger partial charge in [0.2, 0.25) is 0 Å². The predicted octanol–water partition coefficient (Wildman–Crippen LogP) is 4.12. The fraction of sp³-hybridized carbons (Fsp3) is 0.571. The summed E-state index contributed by atoms with van der Waals surface area (Å²) in [7, 11) is 2.23. The average Bonchev–Trinajstić information content (AvgIpc) is 2.93. The predicted molar refractivity (Wildman–Crippen MR) is 103 cm³/mol. The summed E-state index contributed by atoms with van der Waals surface area (Å²) in [5.74, 6) is 0.835. The quantitative estimate of drug-likeness (QED) is 0.871. The van der Waals surface area contributed by atoms with Gasteiger partial charge in [-0.3, -0.25) is 0 Å². The van der Waals surface area contributed by atoms with Crippen LogP contribution in [0.1, 0.15) is 56.4 Å².